The largest absolute Gasteiger partial charge is 0.497 e. The molecule has 3 aromatic carbocycles. The molecule has 6 heteroatoms. The number of nitrogens with zero attached hydrogens (tertiary/aromatic N) is 1. The van der Waals surface area contributed by atoms with Crippen LogP contribution in [0.2, 0.25) is 0 Å². The van der Waals surface area contributed by atoms with Crippen molar-refractivity contribution in [1.82, 2.24) is 0 Å². The van der Waals surface area contributed by atoms with Gasteiger partial charge < -0.3 is 15.0 Å². The Bertz CT molecular complexity index is 1100. The number of hydrogen-bond donors (Lipinski definition) is 1. The summed E-state index contributed by atoms with van der Waals surface area (Å²) in [5.74, 6) is -0.122. The van der Waals surface area contributed by atoms with E-state index in [1.807, 2.05) is 6.07 Å². The van der Waals surface area contributed by atoms with Crippen molar-refractivity contribution < 1.29 is 18.7 Å². The number of rotatable bonds is 4. The topological polar surface area (TPSA) is 58.6 Å². The highest BCUT2D eigenvalue weighted by Crippen LogP contribution is 2.30. The van der Waals surface area contributed by atoms with Gasteiger partial charge in [0.05, 0.1) is 7.11 Å². The lowest BCUT2D eigenvalue weighted by Gasteiger charge is -2.30. The average Bonchev–Trinajstić information content (AvgIpc) is 2.78. The molecule has 0 saturated carbocycles. The molecule has 0 atom stereocenters. The SMILES string of the molecule is COc1cccc(NC(=O)c2ccc3c(c2)CCCN3C(=O)c2ccc(F)cc2)c1. The van der Waals surface area contributed by atoms with E-state index >= 15 is 0 Å². The molecular weight excluding hydrogens is 383 g/mol. The number of halogens is 1. The number of methoxy groups -OCH3 is 1. The Kier molecular flexibility index (Phi) is 5.48. The van der Waals surface area contributed by atoms with Crippen molar-refractivity contribution in [2.45, 2.75) is 12.8 Å². The number of amides is 2. The Balaban J connectivity index is 1.56. The van der Waals surface area contributed by atoms with Gasteiger partial charge in [-0.05, 0) is 73.0 Å². The fraction of sp³-hybridized carbons (Fsp3) is 0.167. The molecular formula is C24H21FN2O3. The molecule has 0 bridgehead atoms. The van der Waals surface area contributed by atoms with Gasteiger partial charge in [0, 0.05) is 35.1 Å². The molecule has 0 fully saturated rings. The van der Waals surface area contributed by atoms with E-state index in [4.69, 9.17) is 4.74 Å². The van der Waals surface area contributed by atoms with Crippen molar-refractivity contribution in [2.75, 3.05) is 23.9 Å². The summed E-state index contributed by atoms with van der Waals surface area (Å²) in [5.41, 5.74) is 3.32. The lowest BCUT2D eigenvalue weighted by atomic mass is 9.98. The Labute approximate surface area is 174 Å². The quantitative estimate of drug-likeness (QED) is 0.687. The van der Waals surface area contributed by atoms with Gasteiger partial charge in [0.15, 0.2) is 0 Å². The zero-order chi connectivity index (χ0) is 21.1. The molecule has 1 N–H and O–H groups in total. The van der Waals surface area contributed by atoms with Crippen LogP contribution in [0, 0.1) is 5.82 Å². The highest BCUT2D eigenvalue weighted by atomic mass is 19.1. The molecule has 1 aliphatic heterocycles. The minimum Gasteiger partial charge on any atom is -0.497 e. The van der Waals surface area contributed by atoms with Crippen LogP contribution < -0.4 is 15.0 Å². The summed E-state index contributed by atoms with van der Waals surface area (Å²) in [4.78, 5) is 27.3. The smallest absolute Gasteiger partial charge is 0.258 e. The number of fused-ring (bicyclic) bond motifs is 1. The summed E-state index contributed by atoms with van der Waals surface area (Å²) in [7, 11) is 1.57. The predicted octanol–water partition coefficient (Wildman–Crippen LogP) is 4.68. The van der Waals surface area contributed by atoms with Crippen LogP contribution in [0.25, 0.3) is 0 Å². The van der Waals surface area contributed by atoms with Crippen molar-refractivity contribution in [3.8, 4) is 5.75 Å². The van der Waals surface area contributed by atoms with Gasteiger partial charge in [-0.15, -0.1) is 0 Å². The summed E-state index contributed by atoms with van der Waals surface area (Å²) in [6.07, 6.45) is 1.57. The monoisotopic (exact) mass is 404 g/mol. The second-order valence-electron chi connectivity index (χ2n) is 7.10. The maximum Gasteiger partial charge on any atom is 0.258 e. The fourth-order valence-electron chi connectivity index (χ4n) is 3.60. The van der Waals surface area contributed by atoms with Crippen LogP contribution in [0.4, 0.5) is 15.8 Å². The van der Waals surface area contributed by atoms with Crippen LogP contribution in [-0.4, -0.2) is 25.5 Å². The number of hydrogen-bond acceptors (Lipinski definition) is 3. The van der Waals surface area contributed by atoms with Gasteiger partial charge in [-0.3, -0.25) is 9.59 Å². The number of aryl methyl sites for hydroxylation is 1. The molecule has 30 heavy (non-hydrogen) atoms. The summed E-state index contributed by atoms with van der Waals surface area (Å²) in [6, 6.07) is 18.0. The number of ether oxygens (including phenoxy) is 1. The zero-order valence-electron chi connectivity index (χ0n) is 16.5. The first-order valence-electron chi connectivity index (χ1n) is 9.71. The molecule has 0 aliphatic carbocycles. The molecule has 152 valence electrons. The van der Waals surface area contributed by atoms with E-state index in [0.29, 0.717) is 29.1 Å². The number of carbonyl (C=O) groups is 2. The molecule has 0 spiro atoms. The van der Waals surface area contributed by atoms with Crippen LogP contribution in [0.5, 0.6) is 5.75 Å². The van der Waals surface area contributed by atoms with Crippen molar-refractivity contribution in [2.24, 2.45) is 0 Å². The van der Waals surface area contributed by atoms with E-state index in [-0.39, 0.29) is 17.6 Å². The Morgan fingerprint density at radius 3 is 2.53 bits per heavy atom. The molecule has 0 radical (unpaired) electrons. The second kappa shape index (κ2) is 8.37. The fourth-order valence-corrected chi connectivity index (χ4v) is 3.60. The number of benzene rings is 3. The molecule has 0 aromatic heterocycles. The first kappa shape index (κ1) is 19.6. The third-order valence-electron chi connectivity index (χ3n) is 5.12. The lowest BCUT2D eigenvalue weighted by molar-refractivity contribution is 0.0984. The van der Waals surface area contributed by atoms with E-state index in [0.717, 1.165) is 24.1 Å². The van der Waals surface area contributed by atoms with Crippen molar-refractivity contribution >= 4 is 23.2 Å². The minimum absolute atomic E-state index is 0.176. The lowest BCUT2D eigenvalue weighted by Crippen LogP contribution is -2.35. The number of nitrogens with one attached hydrogen (secondary N) is 1. The molecule has 2 amide bonds. The van der Waals surface area contributed by atoms with E-state index in [9.17, 15) is 14.0 Å². The summed E-state index contributed by atoms with van der Waals surface area (Å²) >= 11 is 0. The summed E-state index contributed by atoms with van der Waals surface area (Å²) in [6.45, 7) is 0.582. The third-order valence-corrected chi connectivity index (χ3v) is 5.12. The maximum atomic E-state index is 13.2. The Morgan fingerprint density at radius 2 is 1.77 bits per heavy atom. The molecule has 3 aromatic rings. The molecule has 0 saturated heterocycles. The van der Waals surface area contributed by atoms with Crippen LogP contribution >= 0.6 is 0 Å². The molecule has 0 unspecified atom stereocenters. The van der Waals surface area contributed by atoms with Gasteiger partial charge in [0.1, 0.15) is 11.6 Å². The van der Waals surface area contributed by atoms with Gasteiger partial charge in [-0.1, -0.05) is 6.07 Å². The summed E-state index contributed by atoms with van der Waals surface area (Å²) < 4.78 is 18.4. The van der Waals surface area contributed by atoms with Gasteiger partial charge in [0.25, 0.3) is 11.8 Å². The van der Waals surface area contributed by atoms with Crippen LogP contribution in [0.15, 0.2) is 66.7 Å². The first-order chi connectivity index (χ1) is 14.5. The normalized spacial score (nSPS) is 12.8. The highest BCUT2D eigenvalue weighted by Gasteiger charge is 2.24. The van der Waals surface area contributed by atoms with Crippen LogP contribution in [0.1, 0.15) is 32.7 Å². The van der Waals surface area contributed by atoms with Crippen LogP contribution in [-0.2, 0) is 6.42 Å². The first-order valence-corrected chi connectivity index (χ1v) is 9.71. The average molecular weight is 404 g/mol. The zero-order valence-corrected chi connectivity index (χ0v) is 16.5. The Hall–Kier alpha value is -3.67. The Morgan fingerprint density at radius 1 is 1.00 bits per heavy atom. The van der Waals surface area contributed by atoms with Gasteiger partial charge in [-0.25, -0.2) is 4.39 Å². The van der Waals surface area contributed by atoms with Gasteiger partial charge >= 0.3 is 0 Å². The van der Waals surface area contributed by atoms with E-state index in [1.165, 1.54) is 24.3 Å². The van der Waals surface area contributed by atoms with Gasteiger partial charge in [0.2, 0.25) is 0 Å². The maximum absolute atomic E-state index is 13.2. The summed E-state index contributed by atoms with van der Waals surface area (Å²) in [5, 5.41) is 2.87. The second-order valence-corrected chi connectivity index (χ2v) is 7.10. The molecule has 1 heterocycles. The standard InChI is InChI=1S/C24H21FN2O3/c1-30-21-6-2-5-20(15-21)26-23(28)18-9-12-22-17(14-18)4-3-13-27(22)24(29)16-7-10-19(25)11-8-16/h2,5-12,14-15H,3-4,13H2,1H3,(H,26,28). The van der Waals surface area contributed by atoms with Crippen molar-refractivity contribution in [3.05, 3.63) is 89.2 Å². The van der Waals surface area contributed by atoms with Crippen LogP contribution in [0.3, 0.4) is 0 Å². The molecule has 5 nitrogen and oxygen atoms in total. The minimum atomic E-state index is -0.378. The van der Waals surface area contributed by atoms with Gasteiger partial charge in [-0.2, -0.15) is 0 Å². The van der Waals surface area contributed by atoms with Crippen molar-refractivity contribution in [3.63, 3.8) is 0 Å². The molecule has 1 aliphatic rings. The number of anilines is 2. The van der Waals surface area contributed by atoms with E-state index < -0.39 is 0 Å². The van der Waals surface area contributed by atoms with E-state index in [2.05, 4.69) is 5.32 Å². The number of carbonyl (C=O) groups excluding carboxylic acids is 2. The van der Waals surface area contributed by atoms with E-state index in [1.54, 1.807) is 48.4 Å². The van der Waals surface area contributed by atoms with Crippen molar-refractivity contribution in [1.29, 1.82) is 0 Å². The predicted molar refractivity (Wildman–Crippen MR) is 114 cm³/mol. The molecule has 4 rings (SSSR count). The highest BCUT2D eigenvalue weighted by molar-refractivity contribution is 6.08. The third kappa shape index (κ3) is 4.03.